The molecule has 1 aliphatic heterocycles. The fraction of sp³-hybridized carbons (Fsp3) is 0.227. The first-order chi connectivity index (χ1) is 14.3. The van der Waals surface area contributed by atoms with Gasteiger partial charge in [0.1, 0.15) is 0 Å². The summed E-state index contributed by atoms with van der Waals surface area (Å²) in [6, 6.07) is 14.1. The van der Waals surface area contributed by atoms with Crippen molar-refractivity contribution in [1.29, 1.82) is 0 Å². The summed E-state index contributed by atoms with van der Waals surface area (Å²) in [6.45, 7) is 3.26. The van der Waals surface area contributed by atoms with Crippen molar-refractivity contribution < 1.29 is 0 Å². The first-order valence-corrected chi connectivity index (χ1v) is 10.8. The first kappa shape index (κ1) is 18.1. The topological polar surface area (TPSA) is 77.7 Å². The minimum Gasteiger partial charge on any atom is -0.354 e. The quantitative estimate of drug-likeness (QED) is 0.545. The molecule has 0 aliphatic carbocycles. The van der Waals surface area contributed by atoms with Gasteiger partial charge in [0.05, 0.1) is 17.0 Å². The third-order valence-electron chi connectivity index (χ3n) is 5.26. The average Bonchev–Trinajstić information content (AvgIpc) is 3.18. The van der Waals surface area contributed by atoms with Crippen LogP contribution in [0.15, 0.2) is 59.7 Å². The van der Waals surface area contributed by atoms with Gasteiger partial charge in [0.2, 0.25) is 0 Å². The largest absolute Gasteiger partial charge is 0.354 e. The second-order valence-corrected chi connectivity index (χ2v) is 8.45. The van der Waals surface area contributed by atoms with E-state index in [4.69, 9.17) is 0 Å². The molecule has 0 saturated carbocycles. The van der Waals surface area contributed by atoms with E-state index in [9.17, 15) is 4.79 Å². The Morgan fingerprint density at radius 2 is 1.86 bits per heavy atom. The lowest BCUT2D eigenvalue weighted by Crippen LogP contribution is -2.31. The molecule has 0 spiro atoms. The standard InChI is InChI=1S/C22H21N5OS/c28-22-18(13-20(25-26-22)16-3-5-23-6-4-16)21-12-17-11-15(1-2-19(17)24-21)14-27-7-9-29-10-8-27/h1-6,11-13,24H,7-10,14H2,(H,26,28). The minimum absolute atomic E-state index is 0.208. The molecule has 6 nitrogen and oxygen atoms in total. The Labute approximate surface area is 172 Å². The molecular formula is C22H21N5OS. The van der Waals surface area contributed by atoms with Gasteiger partial charge in [-0.1, -0.05) is 6.07 Å². The molecule has 1 aromatic carbocycles. The molecule has 29 heavy (non-hydrogen) atoms. The van der Waals surface area contributed by atoms with Gasteiger partial charge in [0.15, 0.2) is 0 Å². The van der Waals surface area contributed by atoms with E-state index in [-0.39, 0.29) is 5.56 Å². The van der Waals surface area contributed by atoms with Gasteiger partial charge >= 0.3 is 0 Å². The van der Waals surface area contributed by atoms with Gasteiger partial charge in [0, 0.05) is 60.0 Å². The number of fused-ring (bicyclic) bond motifs is 1. The zero-order chi connectivity index (χ0) is 19.6. The van der Waals surface area contributed by atoms with Crippen molar-refractivity contribution in [3.05, 3.63) is 70.8 Å². The van der Waals surface area contributed by atoms with Crippen LogP contribution in [0.1, 0.15) is 5.56 Å². The fourth-order valence-corrected chi connectivity index (χ4v) is 4.70. The van der Waals surface area contributed by atoms with Crippen LogP contribution >= 0.6 is 11.8 Å². The maximum atomic E-state index is 12.5. The molecule has 7 heteroatoms. The van der Waals surface area contributed by atoms with Crippen molar-refractivity contribution in [3.8, 4) is 22.5 Å². The molecule has 4 heterocycles. The number of benzene rings is 1. The van der Waals surface area contributed by atoms with Crippen LogP contribution in [0.3, 0.4) is 0 Å². The van der Waals surface area contributed by atoms with Gasteiger partial charge in [-0.2, -0.15) is 16.9 Å². The third-order valence-corrected chi connectivity index (χ3v) is 6.21. The van der Waals surface area contributed by atoms with Crippen LogP contribution in [0.4, 0.5) is 0 Å². The second kappa shape index (κ2) is 7.85. The van der Waals surface area contributed by atoms with Gasteiger partial charge in [-0.25, -0.2) is 5.10 Å². The minimum atomic E-state index is -0.208. The van der Waals surface area contributed by atoms with E-state index in [1.54, 1.807) is 12.4 Å². The molecule has 146 valence electrons. The normalized spacial score (nSPS) is 15.0. The van der Waals surface area contributed by atoms with Crippen molar-refractivity contribution >= 4 is 22.7 Å². The summed E-state index contributed by atoms with van der Waals surface area (Å²) in [7, 11) is 0. The van der Waals surface area contributed by atoms with Gasteiger partial charge in [-0.3, -0.25) is 14.7 Å². The highest BCUT2D eigenvalue weighted by atomic mass is 32.2. The molecule has 0 amide bonds. The molecule has 1 fully saturated rings. The van der Waals surface area contributed by atoms with Gasteiger partial charge in [-0.15, -0.1) is 0 Å². The number of nitrogens with zero attached hydrogens (tertiary/aromatic N) is 3. The molecule has 0 bridgehead atoms. The summed E-state index contributed by atoms with van der Waals surface area (Å²) >= 11 is 2.03. The number of pyridine rings is 1. The lowest BCUT2D eigenvalue weighted by molar-refractivity contribution is 0.295. The lowest BCUT2D eigenvalue weighted by atomic mass is 10.1. The lowest BCUT2D eigenvalue weighted by Gasteiger charge is -2.26. The predicted octanol–water partition coefficient (Wildman–Crippen LogP) is 3.53. The summed E-state index contributed by atoms with van der Waals surface area (Å²) in [4.78, 5) is 22.4. The van der Waals surface area contributed by atoms with Gasteiger partial charge < -0.3 is 4.98 Å². The van der Waals surface area contributed by atoms with Crippen molar-refractivity contribution in [2.45, 2.75) is 6.54 Å². The zero-order valence-corrected chi connectivity index (χ0v) is 16.7. The highest BCUT2D eigenvalue weighted by molar-refractivity contribution is 7.99. The Hall–Kier alpha value is -2.90. The summed E-state index contributed by atoms with van der Waals surface area (Å²) in [6.07, 6.45) is 3.43. The van der Waals surface area contributed by atoms with Gasteiger partial charge in [-0.05, 0) is 42.0 Å². The Bertz CT molecular complexity index is 1190. The molecule has 5 rings (SSSR count). The predicted molar refractivity (Wildman–Crippen MR) is 118 cm³/mol. The van der Waals surface area contributed by atoms with E-state index < -0.39 is 0 Å². The zero-order valence-electron chi connectivity index (χ0n) is 15.9. The number of thioether (sulfide) groups is 1. The van der Waals surface area contributed by atoms with E-state index in [1.807, 2.05) is 36.0 Å². The molecule has 0 unspecified atom stereocenters. The third kappa shape index (κ3) is 3.83. The second-order valence-electron chi connectivity index (χ2n) is 7.23. The highest BCUT2D eigenvalue weighted by Crippen LogP contribution is 2.26. The van der Waals surface area contributed by atoms with Crippen LogP contribution < -0.4 is 5.56 Å². The Balaban J connectivity index is 1.48. The molecular weight excluding hydrogens is 382 g/mol. The summed E-state index contributed by atoms with van der Waals surface area (Å²) in [5.74, 6) is 2.42. The van der Waals surface area contributed by atoms with E-state index in [0.717, 1.165) is 41.8 Å². The van der Waals surface area contributed by atoms with E-state index in [1.165, 1.54) is 17.1 Å². The summed E-state index contributed by atoms with van der Waals surface area (Å²) < 4.78 is 0. The fourth-order valence-electron chi connectivity index (χ4n) is 3.72. The highest BCUT2D eigenvalue weighted by Gasteiger charge is 2.13. The smallest absolute Gasteiger partial charge is 0.273 e. The molecule has 4 aromatic rings. The van der Waals surface area contributed by atoms with E-state index >= 15 is 0 Å². The van der Waals surface area contributed by atoms with Crippen LogP contribution in [0.25, 0.3) is 33.4 Å². The summed E-state index contributed by atoms with van der Waals surface area (Å²) in [5, 5.41) is 7.92. The van der Waals surface area contributed by atoms with Crippen molar-refractivity contribution in [2.24, 2.45) is 0 Å². The van der Waals surface area contributed by atoms with Crippen LogP contribution in [-0.4, -0.2) is 49.7 Å². The van der Waals surface area contributed by atoms with E-state index in [0.29, 0.717) is 11.3 Å². The number of aromatic amines is 2. The van der Waals surface area contributed by atoms with Crippen LogP contribution in [0.2, 0.25) is 0 Å². The molecule has 0 atom stereocenters. The van der Waals surface area contributed by atoms with Crippen LogP contribution in [0, 0.1) is 0 Å². The first-order valence-electron chi connectivity index (χ1n) is 9.68. The van der Waals surface area contributed by atoms with Crippen LogP contribution in [0.5, 0.6) is 0 Å². The Morgan fingerprint density at radius 3 is 2.69 bits per heavy atom. The number of hydrogen-bond acceptors (Lipinski definition) is 5. The maximum absolute atomic E-state index is 12.5. The number of H-pyrrole nitrogens is 2. The Morgan fingerprint density at radius 1 is 1.03 bits per heavy atom. The SMILES string of the molecule is O=c1[nH]nc(-c2ccncc2)cc1-c1cc2cc(CN3CCSCC3)ccc2[nH]1. The maximum Gasteiger partial charge on any atom is 0.273 e. The molecule has 2 N–H and O–H groups in total. The molecule has 0 radical (unpaired) electrons. The summed E-state index contributed by atoms with van der Waals surface area (Å²) in [5.41, 5.74) is 5.12. The number of nitrogens with one attached hydrogen (secondary N) is 2. The molecule has 3 aromatic heterocycles. The number of hydrogen-bond donors (Lipinski definition) is 2. The monoisotopic (exact) mass is 403 g/mol. The number of aromatic nitrogens is 4. The average molecular weight is 404 g/mol. The van der Waals surface area contributed by atoms with E-state index in [2.05, 4.69) is 43.3 Å². The number of rotatable bonds is 4. The Kier molecular flexibility index (Phi) is 4.91. The molecule has 1 aliphatic rings. The van der Waals surface area contributed by atoms with Gasteiger partial charge in [0.25, 0.3) is 5.56 Å². The molecule has 1 saturated heterocycles. The van der Waals surface area contributed by atoms with Crippen molar-refractivity contribution in [2.75, 3.05) is 24.6 Å². The van der Waals surface area contributed by atoms with Crippen LogP contribution in [-0.2, 0) is 6.54 Å². The van der Waals surface area contributed by atoms with Crippen molar-refractivity contribution in [1.82, 2.24) is 25.1 Å². The van der Waals surface area contributed by atoms with Crippen molar-refractivity contribution in [3.63, 3.8) is 0 Å².